The van der Waals surface area contributed by atoms with Gasteiger partial charge in [0.1, 0.15) is 0 Å². The van der Waals surface area contributed by atoms with Crippen LogP contribution in [0.4, 0.5) is 0 Å². The van der Waals surface area contributed by atoms with Crippen LogP contribution in [-0.2, 0) is 0 Å². The number of benzene rings is 1. The molecule has 0 radical (unpaired) electrons. The Morgan fingerprint density at radius 1 is 1.14 bits per heavy atom. The zero-order valence-corrected chi connectivity index (χ0v) is 14.3. The first-order chi connectivity index (χ1) is 10.2. The number of carbonyl (C=O) groups is 2. The van der Waals surface area contributed by atoms with Gasteiger partial charge in [-0.3, -0.25) is 9.59 Å². The molecule has 0 saturated heterocycles. The second kappa shape index (κ2) is 8.08. The quantitative estimate of drug-likeness (QED) is 0.726. The molecular weight excluding hydrogens is 276 g/mol. The van der Waals surface area contributed by atoms with Crippen LogP contribution < -0.4 is 10.6 Å². The Kier molecular flexibility index (Phi) is 6.75. The molecule has 4 heteroatoms. The maximum atomic E-state index is 12.2. The average Bonchev–Trinajstić information content (AvgIpc) is 2.44. The number of carbonyl (C=O) groups excluding carboxylic acids is 2. The molecule has 0 fully saturated rings. The molecule has 0 aliphatic heterocycles. The van der Waals surface area contributed by atoms with Crippen molar-refractivity contribution in [3.8, 4) is 0 Å². The summed E-state index contributed by atoms with van der Waals surface area (Å²) >= 11 is 0. The van der Waals surface area contributed by atoms with Gasteiger partial charge in [0.15, 0.2) is 5.78 Å². The molecule has 1 amide bonds. The van der Waals surface area contributed by atoms with Crippen LogP contribution >= 0.6 is 0 Å². The van der Waals surface area contributed by atoms with Gasteiger partial charge in [0, 0.05) is 17.7 Å². The Morgan fingerprint density at radius 2 is 1.68 bits per heavy atom. The summed E-state index contributed by atoms with van der Waals surface area (Å²) in [5.41, 5.74) is 1.26. The van der Waals surface area contributed by atoms with Crippen molar-refractivity contribution in [1.82, 2.24) is 10.6 Å². The number of Topliss-reactive ketones (excluding diaryl/α,β-unsaturated/α-hetero) is 1. The fourth-order valence-electron chi connectivity index (χ4n) is 2.71. The number of amides is 1. The molecule has 22 heavy (non-hydrogen) atoms. The third-order valence-corrected chi connectivity index (χ3v) is 3.73. The van der Waals surface area contributed by atoms with Gasteiger partial charge in [0.25, 0.3) is 5.91 Å². The van der Waals surface area contributed by atoms with E-state index in [1.165, 1.54) is 6.92 Å². The normalized spacial score (nSPS) is 12.8. The van der Waals surface area contributed by atoms with E-state index in [1.54, 1.807) is 24.3 Å². The summed E-state index contributed by atoms with van der Waals surface area (Å²) < 4.78 is 0. The Bertz CT molecular complexity index is 506. The molecule has 0 aromatic heterocycles. The highest BCUT2D eigenvalue weighted by Gasteiger charge is 2.22. The standard InChI is InChI=1S/C18H28N2O2/c1-13(11-19-5)10-18(3,4)12-20-17(22)16-8-6-15(7-9-16)14(2)21/h6-9,13,19H,10-12H2,1-5H3,(H,20,22). The third-order valence-electron chi connectivity index (χ3n) is 3.73. The zero-order valence-electron chi connectivity index (χ0n) is 14.3. The topological polar surface area (TPSA) is 58.2 Å². The monoisotopic (exact) mass is 304 g/mol. The van der Waals surface area contributed by atoms with Crippen LogP contribution in [0.1, 0.15) is 54.8 Å². The summed E-state index contributed by atoms with van der Waals surface area (Å²) in [6, 6.07) is 6.78. The van der Waals surface area contributed by atoms with Crippen molar-refractivity contribution in [1.29, 1.82) is 0 Å². The predicted molar refractivity (Wildman–Crippen MR) is 90.3 cm³/mol. The van der Waals surface area contributed by atoms with Crippen LogP contribution in [0.3, 0.4) is 0 Å². The lowest BCUT2D eigenvalue weighted by molar-refractivity contribution is 0.0929. The highest BCUT2D eigenvalue weighted by molar-refractivity contribution is 5.97. The smallest absolute Gasteiger partial charge is 0.251 e. The van der Waals surface area contributed by atoms with E-state index < -0.39 is 0 Å². The maximum absolute atomic E-state index is 12.2. The molecule has 1 aromatic carbocycles. The molecule has 0 saturated carbocycles. The molecule has 1 atom stereocenters. The SMILES string of the molecule is CNCC(C)CC(C)(C)CNC(=O)c1ccc(C(C)=O)cc1. The first-order valence-electron chi connectivity index (χ1n) is 7.79. The van der Waals surface area contributed by atoms with E-state index >= 15 is 0 Å². The molecule has 0 aliphatic rings. The van der Waals surface area contributed by atoms with Gasteiger partial charge in [-0.15, -0.1) is 0 Å². The second-order valence-corrected chi connectivity index (χ2v) is 6.85. The van der Waals surface area contributed by atoms with Crippen molar-refractivity contribution in [2.75, 3.05) is 20.1 Å². The zero-order chi connectivity index (χ0) is 16.8. The Labute approximate surface area is 133 Å². The van der Waals surface area contributed by atoms with E-state index in [2.05, 4.69) is 31.4 Å². The second-order valence-electron chi connectivity index (χ2n) is 6.85. The van der Waals surface area contributed by atoms with Crippen molar-refractivity contribution in [2.24, 2.45) is 11.3 Å². The van der Waals surface area contributed by atoms with Crippen LogP contribution in [0.2, 0.25) is 0 Å². The van der Waals surface area contributed by atoms with E-state index in [0.717, 1.165) is 13.0 Å². The van der Waals surface area contributed by atoms with Gasteiger partial charge in [0.2, 0.25) is 0 Å². The number of rotatable bonds is 8. The van der Waals surface area contributed by atoms with Crippen LogP contribution in [0.25, 0.3) is 0 Å². The molecule has 1 rings (SSSR count). The summed E-state index contributed by atoms with van der Waals surface area (Å²) in [6.07, 6.45) is 1.04. The van der Waals surface area contributed by atoms with Gasteiger partial charge < -0.3 is 10.6 Å². The Morgan fingerprint density at radius 3 is 2.18 bits per heavy atom. The van der Waals surface area contributed by atoms with Gasteiger partial charge in [0.05, 0.1) is 0 Å². The molecule has 0 heterocycles. The molecule has 122 valence electrons. The van der Waals surface area contributed by atoms with Crippen molar-refractivity contribution in [3.05, 3.63) is 35.4 Å². The summed E-state index contributed by atoms with van der Waals surface area (Å²) in [7, 11) is 1.95. The molecule has 2 N–H and O–H groups in total. The van der Waals surface area contributed by atoms with E-state index in [-0.39, 0.29) is 17.1 Å². The third kappa shape index (κ3) is 5.98. The van der Waals surface area contributed by atoms with Crippen LogP contribution in [0.15, 0.2) is 24.3 Å². The lowest BCUT2D eigenvalue weighted by atomic mass is 9.83. The van der Waals surface area contributed by atoms with Gasteiger partial charge in [-0.05, 0) is 50.4 Å². The van der Waals surface area contributed by atoms with E-state index in [9.17, 15) is 9.59 Å². The fraction of sp³-hybridized carbons (Fsp3) is 0.556. The average molecular weight is 304 g/mol. The molecule has 0 spiro atoms. The van der Waals surface area contributed by atoms with E-state index in [1.807, 2.05) is 7.05 Å². The largest absolute Gasteiger partial charge is 0.352 e. The van der Waals surface area contributed by atoms with E-state index in [0.29, 0.717) is 23.6 Å². The highest BCUT2D eigenvalue weighted by Crippen LogP contribution is 2.24. The van der Waals surface area contributed by atoms with Crippen LogP contribution in [0.5, 0.6) is 0 Å². The minimum absolute atomic E-state index is 0.00612. The van der Waals surface area contributed by atoms with Gasteiger partial charge in [-0.1, -0.05) is 32.9 Å². The van der Waals surface area contributed by atoms with Gasteiger partial charge in [-0.25, -0.2) is 0 Å². The Hall–Kier alpha value is -1.68. The van der Waals surface area contributed by atoms with Crippen LogP contribution in [0, 0.1) is 11.3 Å². The summed E-state index contributed by atoms with van der Waals surface area (Å²) in [5.74, 6) is 0.475. The maximum Gasteiger partial charge on any atom is 0.251 e. The summed E-state index contributed by atoms with van der Waals surface area (Å²) in [5, 5.41) is 6.17. The highest BCUT2D eigenvalue weighted by atomic mass is 16.1. The predicted octanol–water partition coefficient (Wildman–Crippen LogP) is 2.89. The molecule has 4 nitrogen and oxygen atoms in total. The lowest BCUT2D eigenvalue weighted by Crippen LogP contribution is -2.36. The minimum Gasteiger partial charge on any atom is -0.352 e. The fourth-order valence-corrected chi connectivity index (χ4v) is 2.71. The van der Waals surface area contributed by atoms with Crippen LogP contribution in [-0.4, -0.2) is 31.8 Å². The first-order valence-corrected chi connectivity index (χ1v) is 7.79. The van der Waals surface area contributed by atoms with Gasteiger partial charge in [-0.2, -0.15) is 0 Å². The van der Waals surface area contributed by atoms with Gasteiger partial charge >= 0.3 is 0 Å². The first kappa shape index (κ1) is 18.4. The number of ketones is 1. The molecular formula is C18H28N2O2. The minimum atomic E-state index is -0.0931. The summed E-state index contributed by atoms with van der Waals surface area (Å²) in [4.78, 5) is 23.4. The number of hydrogen-bond acceptors (Lipinski definition) is 3. The lowest BCUT2D eigenvalue weighted by Gasteiger charge is -2.28. The van der Waals surface area contributed by atoms with Crippen molar-refractivity contribution in [2.45, 2.75) is 34.1 Å². The molecule has 0 bridgehead atoms. The van der Waals surface area contributed by atoms with Crippen molar-refractivity contribution < 1.29 is 9.59 Å². The molecule has 1 unspecified atom stereocenters. The Balaban J connectivity index is 2.55. The molecule has 1 aromatic rings. The summed E-state index contributed by atoms with van der Waals surface area (Å²) in [6.45, 7) is 9.67. The van der Waals surface area contributed by atoms with Crippen molar-refractivity contribution >= 4 is 11.7 Å². The van der Waals surface area contributed by atoms with Crippen molar-refractivity contribution in [3.63, 3.8) is 0 Å². The number of hydrogen-bond donors (Lipinski definition) is 2. The number of nitrogens with one attached hydrogen (secondary N) is 2. The van der Waals surface area contributed by atoms with E-state index in [4.69, 9.17) is 0 Å². The molecule has 0 aliphatic carbocycles.